The summed E-state index contributed by atoms with van der Waals surface area (Å²) < 4.78 is 6.08. The van der Waals surface area contributed by atoms with E-state index in [1.54, 1.807) is 6.33 Å². The monoisotopic (exact) mass is 612 g/mol. The summed E-state index contributed by atoms with van der Waals surface area (Å²) in [6, 6.07) is -0.000787. The van der Waals surface area contributed by atoms with Crippen LogP contribution in [0, 0.1) is 46.3 Å². The highest BCUT2D eigenvalue weighted by Crippen LogP contribution is 2.69. The number of imidazole rings is 1. The van der Waals surface area contributed by atoms with Crippen molar-refractivity contribution in [3.8, 4) is 0 Å². The maximum atomic E-state index is 12.9. The number of hydrogen-bond donors (Lipinski definition) is 3. The number of nitrogens with zero attached hydrogens (tertiary/aromatic N) is 1. The number of unbranched alkanes of at least 4 members (excludes halogenated alkanes) is 2. The zero-order valence-corrected chi connectivity index (χ0v) is 29.0. The van der Waals surface area contributed by atoms with E-state index in [1.165, 1.54) is 44.9 Å². The molecule has 250 valence electrons. The van der Waals surface area contributed by atoms with Crippen LogP contribution in [0.3, 0.4) is 0 Å². The van der Waals surface area contributed by atoms with Gasteiger partial charge < -0.3 is 20.1 Å². The molecular weight excluding hydrogens is 546 g/mol. The molecule has 1 aromatic rings. The topological polar surface area (TPSA) is 87.2 Å². The van der Waals surface area contributed by atoms with Gasteiger partial charge in [0.05, 0.1) is 17.6 Å². The van der Waals surface area contributed by atoms with E-state index >= 15 is 0 Å². The molecule has 1 unspecified atom stereocenters. The quantitative estimate of drug-likeness (QED) is 0.146. The molecule has 3 N–H and O–H groups in total. The van der Waals surface area contributed by atoms with Crippen LogP contribution in [0.5, 0.6) is 0 Å². The van der Waals surface area contributed by atoms with Crippen molar-refractivity contribution in [1.29, 1.82) is 0 Å². The molecule has 4 fully saturated rings. The Bertz CT molecular complexity index is 1060. The standard InChI is InChI=1S/C38H65N3O3/c1-7-8-9-13-35(42)44-29-16-20-37(6)33-17-19-36(5)31(27(4)12-10-11-26(2)3)14-15-32(36)30(33)22-34(38(37,43)23-29)40-21-18-28-24-39-25-41-28/h24-27,29-34,40,43H,7-23H2,1-6H3,(H,39,41)/t27?,29-,30-,31+,32-,33-,34+,36+,37+,38-/m0/s1. The number of fused-ring (bicyclic) bond motifs is 5. The van der Waals surface area contributed by atoms with Gasteiger partial charge in [0, 0.05) is 43.5 Å². The predicted octanol–water partition coefficient (Wildman–Crippen LogP) is 8.25. The second kappa shape index (κ2) is 14.2. The molecule has 5 rings (SSSR count). The number of carbonyl (C=O) groups excluding carboxylic acids is 1. The predicted molar refractivity (Wildman–Crippen MR) is 178 cm³/mol. The van der Waals surface area contributed by atoms with Gasteiger partial charge in [0.25, 0.3) is 0 Å². The Kier molecular flexibility index (Phi) is 10.9. The van der Waals surface area contributed by atoms with Crippen LogP contribution in [0.2, 0.25) is 0 Å². The fourth-order valence-corrected chi connectivity index (χ4v) is 11.2. The van der Waals surface area contributed by atoms with Crippen molar-refractivity contribution < 1.29 is 14.6 Å². The van der Waals surface area contributed by atoms with Gasteiger partial charge in [0.2, 0.25) is 0 Å². The molecule has 0 radical (unpaired) electrons. The van der Waals surface area contributed by atoms with Crippen molar-refractivity contribution in [3.63, 3.8) is 0 Å². The van der Waals surface area contributed by atoms with E-state index in [4.69, 9.17) is 4.74 Å². The van der Waals surface area contributed by atoms with Crippen molar-refractivity contribution in [3.05, 3.63) is 18.2 Å². The number of rotatable bonds is 14. The molecule has 0 saturated heterocycles. The highest BCUT2D eigenvalue weighted by molar-refractivity contribution is 5.69. The molecule has 0 spiro atoms. The van der Waals surface area contributed by atoms with Crippen LogP contribution in [-0.4, -0.2) is 45.3 Å². The molecule has 44 heavy (non-hydrogen) atoms. The highest BCUT2D eigenvalue weighted by Gasteiger charge is 2.67. The number of H-pyrrole nitrogens is 1. The van der Waals surface area contributed by atoms with E-state index < -0.39 is 5.60 Å². The zero-order valence-electron chi connectivity index (χ0n) is 29.0. The van der Waals surface area contributed by atoms with E-state index in [0.29, 0.717) is 30.1 Å². The summed E-state index contributed by atoms with van der Waals surface area (Å²) in [6.07, 6.45) is 20.6. The van der Waals surface area contributed by atoms with Crippen LogP contribution in [0.25, 0.3) is 0 Å². The maximum absolute atomic E-state index is 12.9. The highest BCUT2D eigenvalue weighted by atomic mass is 16.5. The second-order valence-corrected chi connectivity index (χ2v) is 16.6. The molecule has 1 heterocycles. The second-order valence-electron chi connectivity index (χ2n) is 16.6. The molecule has 4 aliphatic carbocycles. The van der Waals surface area contributed by atoms with Crippen molar-refractivity contribution in [2.24, 2.45) is 46.3 Å². The van der Waals surface area contributed by atoms with Gasteiger partial charge in [-0.25, -0.2) is 4.98 Å². The maximum Gasteiger partial charge on any atom is 0.306 e. The summed E-state index contributed by atoms with van der Waals surface area (Å²) in [5.41, 5.74) is 0.406. The smallest absolute Gasteiger partial charge is 0.306 e. The van der Waals surface area contributed by atoms with Gasteiger partial charge in [0.15, 0.2) is 0 Å². The third kappa shape index (κ3) is 6.68. The van der Waals surface area contributed by atoms with Crippen molar-refractivity contribution in [2.75, 3.05) is 6.54 Å². The molecule has 10 atom stereocenters. The Hall–Kier alpha value is -1.40. The minimum atomic E-state index is -0.887. The fraction of sp³-hybridized carbons (Fsp3) is 0.895. The van der Waals surface area contributed by atoms with E-state index in [0.717, 1.165) is 80.9 Å². The van der Waals surface area contributed by atoms with Crippen LogP contribution in [0.1, 0.15) is 144 Å². The van der Waals surface area contributed by atoms with Crippen molar-refractivity contribution in [2.45, 2.75) is 162 Å². The number of aliphatic hydroxyl groups is 1. The Morgan fingerprint density at radius 3 is 2.64 bits per heavy atom. The van der Waals surface area contributed by atoms with E-state index in [1.807, 2.05) is 6.20 Å². The fourth-order valence-electron chi connectivity index (χ4n) is 11.2. The normalized spacial score (nSPS) is 39.0. The van der Waals surface area contributed by atoms with Gasteiger partial charge in [-0.05, 0) is 92.3 Å². The van der Waals surface area contributed by atoms with E-state index in [9.17, 15) is 9.90 Å². The van der Waals surface area contributed by atoms with Gasteiger partial charge in [-0.3, -0.25) is 4.79 Å². The lowest BCUT2D eigenvalue weighted by Crippen LogP contribution is -2.71. The third-order valence-corrected chi connectivity index (χ3v) is 13.7. The van der Waals surface area contributed by atoms with Crippen LogP contribution < -0.4 is 5.32 Å². The Morgan fingerprint density at radius 1 is 1.09 bits per heavy atom. The molecule has 0 aromatic carbocycles. The Balaban J connectivity index is 1.34. The van der Waals surface area contributed by atoms with E-state index in [2.05, 4.69) is 56.8 Å². The largest absolute Gasteiger partial charge is 0.462 e. The number of aromatic nitrogens is 2. The number of nitrogens with one attached hydrogen (secondary N) is 2. The first kappa shape index (κ1) is 33.9. The summed E-state index contributed by atoms with van der Waals surface area (Å²) in [4.78, 5) is 20.3. The summed E-state index contributed by atoms with van der Waals surface area (Å²) in [5, 5.41) is 16.8. The molecule has 0 aliphatic heterocycles. The molecular formula is C38H65N3O3. The summed E-state index contributed by atoms with van der Waals surface area (Å²) in [5.74, 6) is 4.24. The lowest BCUT2D eigenvalue weighted by atomic mass is 9.42. The molecule has 0 amide bonds. The number of esters is 1. The molecule has 0 bridgehead atoms. The molecule has 4 aliphatic rings. The Morgan fingerprint density at radius 2 is 1.91 bits per heavy atom. The molecule has 4 saturated carbocycles. The zero-order chi connectivity index (χ0) is 31.5. The van der Waals surface area contributed by atoms with Crippen LogP contribution in [0.15, 0.2) is 12.5 Å². The molecule has 1 aromatic heterocycles. The average Bonchev–Trinajstić information content (AvgIpc) is 3.61. The van der Waals surface area contributed by atoms with Gasteiger partial charge in [0.1, 0.15) is 6.10 Å². The van der Waals surface area contributed by atoms with Gasteiger partial charge >= 0.3 is 5.97 Å². The Labute approximate surface area is 268 Å². The van der Waals surface area contributed by atoms with E-state index in [-0.39, 0.29) is 23.5 Å². The lowest BCUT2D eigenvalue weighted by molar-refractivity contribution is -0.237. The van der Waals surface area contributed by atoms with Crippen LogP contribution >= 0.6 is 0 Å². The van der Waals surface area contributed by atoms with Gasteiger partial charge in [-0.15, -0.1) is 0 Å². The number of ether oxygens (including phenoxy) is 1. The number of hydrogen-bond acceptors (Lipinski definition) is 5. The first-order valence-corrected chi connectivity index (χ1v) is 18.6. The number of carbonyl (C=O) groups is 1. The van der Waals surface area contributed by atoms with Crippen LogP contribution in [-0.2, 0) is 16.0 Å². The molecule has 6 nitrogen and oxygen atoms in total. The number of aromatic amines is 1. The molecule has 6 heteroatoms. The first-order chi connectivity index (χ1) is 21.0. The summed E-state index contributed by atoms with van der Waals surface area (Å²) in [7, 11) is 0. The van der Waals surface area contributed by atoms with Gasteiger partial charge in [-0.2, -0.15) is 0 Å². The van der Waals surface area contributed by atoms with Gasteiger partial charge in [-0.1, -0.05) is 73.6 Å². The summed E-state index contributed by atoms with van der Waals surface area (Å²) in [6.45, 7) is 15.3. The van der Waals surface area contributed by atoms with Crippen molar-refractivity contribution >= 4 is 5.97 Å². The van der Waals surface area contributed by atoms with Crippen LogP contribution in [0.4, 0.5) is 0 Å². The third-order valence-electron chi connectivity index (χ3n) is 13.7. The van der Waals surface area contributed by atoms with Crippen molar-refractivity contribution in [1.82, 2.24) is 15.3 Å². The minimum Gasteiger partial charge on any atom is -0.462 e. The lowest BCUT2D eigenvalue weighted by Gasteiger charge is -2.66. The minimum absolute atomic E-state index is 0.000787. The SMILES string of the molecule is CCCCCC(=O)O[C@H]1CC[C@]2(C)[C@H]3CC[C@]4(C)[C@@H](C(C)CCCC(C)C)CC[C@H]4[C@@H]3C[C@@H](NCCc3c[nH]cn3)[C@@]2(O)C1. The average molecular weight is 612 g/mol. The summed E-state index contributed by atoms with van der Waals surface area (Å²) >= 11 is 0. The first-order valence-electron chi connectivity index (χ1n) is 18.6.